The third kappa shape index (κ3) is 4.03. The summed E-state index contributed by atoms with van der Waals surface area (Å²) in [5.74, 6) is 0.847. The van der Waals surface area contributed by atoms with Gasteiger partial charge in [-0.05, 0) is 48.5 Å². The van der Waals surface area contributed by atoms with E-state index in [0.717, 1.165) is 6.26 Å². The van der Waals surface area contributed by atoms with Crippen LogP contribution < -0.4 is 9.88 Å². The second-order valence-electron chi connectivity index (χ2n) is 4.36. The number of rotatable bonds is 4. The van der Waals surface area contributed by atoms with Crippen LogP contribution in [0.25, 0.3) is 0 Å². The van der Waals surface area contributed by atoms with Gasteiger partial charge in [0.1, 0.15) is 11.5 Å². The average Bonchev–Trinajstić information content (AvgIpc) is 2.38. The van der Waals surface area contributed by atoms with Crippen LogP contribution in [0.2, 0.25) is 0 Å². The molecule has 8 heteroatoms. The third-order valence-corrected chi connectivity index (χ3v) is 4.70. The largest absolute Gasteiger partial charge is 0.457 e. The molecule has 0 amide bonds. The minimum Gasteiger partial charge on any atom is -0.457 e. The molecule has 0 bridgehead atoms. The van der Waals surface area contributed by atoms with Crippen LogP contribution in [-0.4, -0.2) is 23.1 Å². The van der Waals surface area contributed by atoms with E-state index in [1.807, 2.05) is 0 Å². The van der Waals surface area contributed by atoms with Crippen LogP contribution in [0.1, 0.15) is 0 Å². The molecule has 2 N–H and O–H groups in total. The minimum atomic E-state index is -3.74. The summed E-state index contributed by atoms with van der Waals surface area (Å²) in [6.07, 6.45) is 1.12. The SMILES string of the molecule is CS(=O)(=O)c1ccc(Oc2ccc(S(N)(=O)=O)cc2)cc1. The molecule has 0 saturated carbocycles. The van der Waals surface area contributed by atoms with E-state index in [1.165, 1.54) is 48.5 Å². The highest BCUT2D eigenvalue weighted by Gasteiger charge is 2.09. The smallest absolute Gasteiger partial charge is 0.238 e. The maximum Gasteiger partial charge on any atom is 0.238 e. The van der Waals surface area contributed by atoms with Gasteiger partial charge in [-0.15, -0.1) is 0 Å². The van der Waals surface area contributed by atoms with Crippen molar-refractivity contribution in [2.45, 2.75) is 9.79 Å². The van der Waals surface area contributed by atoms with Crippen molar-refractivity contribution in [1.29, 1.82) is 0 Å². The Hall–Kier alpha value is -1.90. The van der Waals surface area contributed by atoms with Crippen LogP contribution in [-0.2, 0) is 19.9 Å². The Balaban J connectivity index is 2.19. The molecule has 0 heterocycles. The van der Waals surface area contributed by atoms with Crippen LogP contribution in [0.3, 0.4) is 0 Å². The van der Waals surface area contributed by atoms with Gasteiger partial charge in [-0.2, -0.15) is 0 Å². The van der Waals surface area contributed by atoms with Crippen LogP contribution in [0.5, 0.6) is 11.5 Å². The predicted octanol–water partition coefficient (Wildman–Crippen LogP) is 1.53. The van der Waals surface area contributed by atoms with E-state index in [0.29, 0.717) is 11.5 Å². The summed E-state index contributed by atoms with van der Waals surface area (Å²) in [4.78, 5) is 0.182. The fourth-order valence-corrected chi connectivity index (χ4v) is 2.73. The maximum atomic E-state index is 11.3. The Morgan fingerprint density at radius 3 is 1.48 bits per heavy atom. The van der Waals surface area contributed by atoms with Crippen molar-refractivity contribution in [1.82, 2.24) is 0 Å². The molecule has 112 valence electrons. The van der Waals surface area contributed by atoms with Gasteiger partial charge in [0.05, 0.1) is 9.79 Å². The molecule has 0 aliphatic rings. The zero-order chi connectivity index (χ0) is 15.7. The monoisotopic (exact) mass is 327 g/mol. The number of hydrogen-bond acceptors (Lipinski definition) is 5. The molecular formula is C13H13NO5S2. The van der Waals surface area contributed by atoms with Crippen LogP contribution in [0.4, 0.5) is 0 Å². The van der Waals surface area contributed by atoms with E-state index in [2.05, 4.69) is 0 Å². The number of benzene rings is 2. The van der Waals surface area contributed by atoms with Gasteiger partial charge in [0.25, 0.3) is 0 Å². The van der Waals surface area contributed by atoms with E-state index >= 15 is 0 Å². The molecule has 0 radical (unpaired) electrons. The molecule has 2 aromatic rings. The fraction of sp³-hybridized carbons (Fsp3) is 0.0769. The van der Waals surface area contributed by atoms with Gasteiger partial charge < -0.3 is 4.74 Å². The van der Waals surface area contributed by atoms with Crippen LogP contribution in [0, 0.1) is 0 Å². The lowest BCUT2D eigenvalue weighted by Crippen LogP contribution is -2.11. The van der Waals surface area contributed by atoms with Crippen molar-refractivity contribution >= 4 is 19.9 Å². The number of hydrogen-bond donors (Lipinski definition) is 1. The lowest BCUT2D eigenvalue weighted by atomic mass is 10.3. The normalized spacial score (nSPS) is 12.1. The van der Waals surface area contributed by atoms with Gasteiger partial charge in [0.15, 0.2) is 9.84 Å². The molecule has 0 unspecified atom stereocenters. The van der Waals surface area contributed by atoms with E-state index in [1.54, 1.807) is 0 Å². The van der Waals surface area contributed by atoms with Crippen molar-refractivity contribution in [3.63, 3.8) is 0 Å². The summed E-state index contributed by atoms with van der Waals surface area (Å²) in [5, 5.41) is 4.99. The standard InChI is InChI=1S/C13H13NO5S2/c1-20(15,16)12-6-2-10(3-7-12)19-11-4-8-13(9-5-11)21(14,17)18/h2-9H,1H3,(H2,14,17,18). The lowest BCUT2D eigenvalue weighted by Gasteiger charge is -2.07. The van der Waals surface area contributed by atoms with E-state index in [4.69, 9.17) is 9.88 Å². The second-order valence-corrected chi connectivity index (χ2v) is 7.94. The van der Waals surface area contributed by atoms with Gasteiger partial charge in [0.2, 0.25) is 10.0 Å². The number of primary sulfonamides is 1. The summed E-state index contributed by atoms with van der Waals surface area (Å²) in [6.45, 7) is 0. The quantitative estimate of drug-likeness (QED) is 0.917. The van der Waals surface area contributed by atoms with Gasteiger partial charge in [0, 0.05) is 6.26 Å². The van der Waals surface area contributed by atoms with Crippen molar-refractivity contribution in [3.05, 3.63) is 48.5 Å². The molecule has 0 atom stereocenters. The summed E-state index contributed by atoms with van der Waals surface area (Å²) in [7, 11) is -6.99. The van der Waals surface area contributed by atoms with Crippen molar-refractivity contribution in [3.8, 4) is 11.5 Å². The summed E-state index contributed by atoms with van der Waals surface area (Å²) >= 11 is 0. The molecule has 0 aliphatic heterocycles. The van der Waals surface area contributed by atoms with Crippen molar-refractivity contribution < 1.29 is 21.6 Å². The molecule has 2 rings (SSSR count). The average molecular weight is 327 g/mol. The molecule has 21 heavy (non-hydrogen) atoms. The molecule has 0 spiro atoms. The zero-order valence-electron chi connectivity index (χ0n) is 11.1. The number of sulfonamides is 1. The Morgan fingerprint density at radius 1 is 0.762 bits per heavy atom. The fourth-order valence-electron chi connectivity index (χ4n) is 1.59. The summed E-state index contributed by atoms with van der Waals surface area (Å²) in [6, 6.07) is 11.5. The first-order valence-corrected chi connectivity index (χ1v) is 9.21. The molecule has 0 aliphatic carbocycles. The van der Waals surface area contributed by atoms with E-state index in [-0.39, 0.29) is 9.79 Å². The van der Waals surface area contributed by atoms with Gasteiger partial charge in [-0.3, -0.25) is 0 Å². The molecule has 6 nitrogen and oxygen atoms in total. The number of nitrogens with two attached hydrogens (primary N) is 1. The lowest BCUT2D eigenvalue weighted by molar-refractivity contribution is 0.481. The Labute approximate surface area is 123 Å². The van der Waals surface area contributed by atoms with E-state index < -0.39 is 19.9 Å². The number of sulfone groups is 1. The predicted molar refractivity (Wildman–Crippen MR) is 77.4 cm³/mol. The Morgan fingerprint density at radius 2 is 1.14 bits per heavy atom. The molecule has 0 aromatic heterocycles. The first-order chi connectivity index (χ1) is 9.66. The highest BCUT2D eigenvalue weighted by atomic mass is 32.2. The van der Waals surface area contributed by atoms with E-state index in [9.17, 15) is 16.8 Å². The summed E-state index contributed by atoms with van der Waals surface area (Å²) in [5.41, 5.74) is 0. The first-order valence-electron chi connectivity index (χ1n) is 5.77. The van der Waals surface area contributed by atoms with Crippen LogP contribution >= 0.6 is 0 Å². The van der Waals surface area contributed by atoms with Gasteiger partial charge in [-0.1, -0.05) is 0 Å². The highest BCUT2D eigenvalue weighted by Crippen LogP contribution is 2.23. The highest BCUT2D eigenvalue weighted by molar-refractivity contribution is 7.90. The first kappa shape index (κ1) is 15.5. The van der Waals surface area contributed by atoms with Crippen molar-refractivity contribution in [2.75, 3.05) is 6.26 Å². The number of ether oxygens (including phenoxy) is 1. The minimum absolute atomic E-state index is 0.0118. The maximum absolute atomic E-state index is 11.3. The summed E-state index contributed by atoms with van der Waals surface area (Å²) < 4.78 is 50.4. The molecule has 2 aromatic carbocycles. The van der Waals surface area contributed by atoms with Gasteiger partial charge in [-0.25, -0.2) is 22.0 Å². The topological polar surface area (TPSA) is 104 Å². The van der Waals surface area contributed by atoms with Crippen LogP contribution in [0.15, 0.2) is 58.3 Å². The second kappa shape index (κ2) is 5.47. The molecule has 0 fully saturated rings. The third-order valence-electron chi connectivity index (χ3n) is 2.64. The van der Waals surface area contributed by atoms with Crippen molar-refractivity contribution in [2.24, 2.45) is 5.14 Å². The Bertz CT molecular complexity index is 765. The van der Waals surface area contributed by atoms with Gasteiger partial charge >= 0.3 is 0 Å². The molecule has 0 saturated heterocycles. The Kier molecular flexibility index (Phi) is 4.04. The zero-order valence-corrected chi connectivity index (χ0v) is 12.7. The molecular weight excluding hydrogens is 314 g/mol.